The van der Waals surface area contributed by atoms with Gasteiger partial charge in [-0.15, -0.1) is 5.10 Å². The second kappa shape index (κ2) is 6.52. The Labute approximate surface area is 144 Å². The van der Waals surface area contributed by atoms with Crippen LogP contribution in [0.3, 0.4) is 0 Å². The largest absolute Gasteiger partial charge is 0.416 e. The number of carbonyl (C=O) groups excluding carboxylic acids is 1. The maximum atomic E-state index is 12.8. The van der Waals surface area contributed by atoms with Gasteiger partial charge in [-0.3, -0.25) is 4.79 Å². The maximum Gasteiger partial charge on any atom is 0.416 e. The second-order valence-electron chi connectivity index (χ2n) is 4.95. The molecule has 0 bridgehead atoms. The number of carbonyl (C=O) groups is 1. The van der Waals surface area contributed by atoms with Crippen LogP contribution in [0.1, 0.15) is 15.9 Å². The van der Waals surface area contributed by atoms with Crippen LogP contribution in [0.25, 0.3) is 5.69 Å². The van der Waals surface area contributed by atoms with Gasteiger partial charge in [-0.25, -0.2) is 4.68 Å². The van der Waals surface area contributed by atoms with Crippen molar-refractivity contribution in [1.82, 2.24) is 20.2 Å². The van der Waals surface area contributed by atoms with Crippen LogP contribution in [0.5, 0.6) is 0 Å². The van der Waals surface area contributed by atoms with Crippen molar-refractivity contribution < 1.29 is 18.0 Å². The van der Waals surface area contributed by atoms with Crippen LogP contribution in [-0.2, 0) is 6.18 Å². The monoisotopic (exact) mass is 367 g/mol. The molecule has 2 aromatic carbocycles. The minimum Gasteiger partial charge on any atom is -0.321 e. The molecule has 0 aliphatic rings. The van der Waals surface area contributed by atoms with Gasteiger partial charge >= 0.3 is 6.18 Å². The summed E-state index contributed by atoms with van der Waals surface area (Å²) >= 11 is 5.88. The lowest BCUT2D eigenvalue weighted by molar-refractivity contribution is -0.137. The number of halogens is 4. The van der Waals surface area contributed by atoms with Crippen LogP contribution in [0.15, 0.2) is 48.8 Å². The number of amides is 1. The van der Waals surface area contributed by atoms with E-state index in [9.17, 15) is 18.0 Å². The molecule has 0 radical (unpaired) electrons. The highest BCUT2D eigenvalue weighted by atomic mass is 35.5. The number of hydrogen-bond donors (Lipinski definition) is 1. The molecule has 25 heavy (non-hydrogen) atoms. The first-order chi connectivity index (χ1) is 11.8. The number of rotatable bonds is 3. The van der Waals surface area contributed by atoms with Crippen LogP contribution in [0.2, 0.25) is 5.02 Å². The van der Waals surface area contributed by atoms with Crippen LogP contribution in [0.4, 0.5) is 18.9 Å². The Morgan fingerprint density at radius 1 is 1.16 bits per heavy atom. The summed E-state index contributed by atoms with van der Waals surface area (Å²) in [5.41, 5.74) is -0.307. The van der Waals surface area contributed by atoms with Crippen molar-refractivity contribution in [2.45, 2.75) is 6.18 Å². The molecule has 128 valence electrons. The average Bonchev–Trinajstić information content (AvgIpc) is 3.10. The first-order valence-corrected chi connectivity index (χ1v) is 7.24. The lowest BCUT2D eigenvalue weighted by Crippen LogP contribution is -2.14. The van der Waals surface area contributed by atoms with E-state index < -0.39 is 17.6 Å². The zero-order valence-electron chi connectivity index (χ0n) is 12.3. The minimum atomic E-state index is -4.54. The number of nitrogens with one attached hydrogen (secondary N) is 1. The average molecular weight is 368 g/mol. The summed E-state index contributed by atoms with van der Waals surface area (Å²) in [5.74, 6) is -0.615. The minimum absolute atomic E-state index is 0.00187. The van der Waals surface area contributed by atoms with Gasteiger partial charge in [0.2, 0.25) is 0 Å². The molecule has 10 heteroatoms. The predicted molar refractivity (Wildman–Crippen MR) is 83.6 cm³/mol. The molecule has 0 saturated carbocycles. The van der Waals surface area contributed by atoms with Gasteiger partial charge in [-0.2, -0.15) is 13.2 Å². The van der Waals surface area contributed by atoms with E-state index in [2.05, 4.69) is 20.8 Å². The van der Waals surface area contributed by atoms with Crippen LogP contribution in [-0.4, -0.2) is 26.1 Å². The fraction of sp³-hybridized carbons (Fsp3) is 0.0667. The van der Waals surface area contributed by atoms with Gasteiger partial charge < -0.3 is 5.32 Å². The van der Waals surface area contributed by atoms with Crippen molar-refractivity contribution in [3.63, 3.8) is 0 Å². The lowest BCUT2D eigenvalue weighted by Gasteiger charge is -2.12. The first kappa shape index (κ1) is 16.9. The Morgan fingerprint density at radius 3 is 2.64 bits per heavy atom. The summed E-state index contributed by atoms with van der Waals surface area (Å²) in [6.07, 6.45) is -3.19. The first-order valence-electron chi connectivity index (χ1n) is 6.86. The molecule has 0 atom stereocenters. The molecular weight excluding hydrogens is 359 g/mol. The molecule has 6 nitrogen and oxygen atoms in total. The highest BCUT2D eigenvalue weighted by molar-refractivity contribution is 6.34. The Hall–Kier alpha value is -2.94. The fourth-order valence-electron chi connectivity index (χ4n) is 2.06. The molecule has 3 rings (SSSR count). The van der Waals surface area contributed by atoms with Crippen molar-refractivity contribution in [2.75, 3.05) is 5.32 Å². The van der Waals surface area contributed by atoms with Crippen molar-refractivity contribution >= 4 is 23.2 Å². The Kier molecular flexibility index (Phi) is 4.41. The van der Waals surface area contributed by atoms with Crippen LogP contribution < -0.4 is 5.32 Å². The standard InChI is InChI=1S/C15H9ClF3N5O/c16-12-5-4-10(15(17,18)19)7-13(12)21-14(25)9-2-1-3-11(6-9)24-8-20-22-23-24/h1-8H,(H,21,25). The van der Waals surface area contributed by atoms with Gasteiger partial charge in [-0.1, -0.05) is 17.7 Å². The summed E-state index contributed by atoms with van der Waals surface area (Å²) in [7, 11) is 0. The zero-order chi connectivity index (χ0) is 18.0. The topological polar surface area (TPSA) is 72.7 Å². The highest BCUT2D eigenvalue weighted by Crippen LogP contribution is 2.34. The number of tetrazole rings is 1. The quantitative estimate of drug-likeness (QED) is 0.768. The molecule has 0 aliphatic carbocycles. The van der Waals surface area contributed by atoms with Crippen molar-refractivity contribution in [1.29, 1.82) is 0 Å². The van der Waals surface area contributed by atoms with E-state index in [0.717, 1.165) is 18.2 Å². The smallest absolute Gasteiger partial charge is 0.321 e. The van der Waals surface area contributed by atoms with E-state index in [1.165, 1.54) is 23.1 Å². The second-order valence-corrected chi connectivity index (χ2v) is 5.36. The van der Waals surface area contributed by atoms with Crippen molar-refractivity contribution in [3.8, 4) is 5.69 Å². The van der Waals surface area contributed by atoms with E-state index in [1.54, 1.807) is 12.1 Å². The van der Waals surface area contributed by atoms with E-state index in [1.807, 2.05) is 0 Å². The number of benzene rings is 2. The predicted octanol–water partition coefficient (Wildman–Crippen LogP) is 3.59. The molecule has 1 N–H and O–H groups in total. The van der Waals surface area contributed by atoms with E-state index in [-0.39, 0.29) is 16.3 Å². The summed E-state index contributed by atoms with van der Waals surface area (Å²) in [5, 5.41) is 13.1. The van der Waals surface area contributed by atoms with Crippen molar-refractivity contribution in [2.24, 2.45) is 0 Å². The number of hydrogen-bond acceptors (Lipinski definition) is 4. The molecule has 3 aromatic rings. The van der Waals surface area contributed by atoms with Gasteiger partial charge in [0.15, 0.2) is 0 Å². The zero-order valence-corrected chi connectivity index (χ0v) is 13.1. The van der Waals surface area contributed by atoms with E-state index in [0.29, 0.717) is 5.69 Å². The fourth-order valence-corrected chi connectivity index (χ4v) is 2.23. The third-order valence-corrected chi connectivity index (χ3v) is 3.59. The summed E-state index contributed by atoms with van der Waals surface area (Å²) in [6.45, 7) is 0. The molecule has 0 aliphatic heterocycles. The van der Waals surface area contributed by atoms with Gasteiger partial charge in [-0.05, 0) is 46.8 Å². The normalized spacial score (nSPS) is 11.4. The lowest BCUT2D eigenvalue weighted by atomic mass is 10.1. The third-order valence-electron chi connectivity index (χ3n) is 3.26. The number of aromatic nitrogens is 4. The molecule has 0 fully saturated rings. The Bertz CT molecular complexity index is 912. The summed E-state index contributed by atoms with van der Waals surface area (Å²) in [6, 6.07) is 8.97. The molecular formula is C15H9ClF3N5O. The molecule has 0 saturated heterocycles. The number of nitrogens with zero attached hydrogens (tertiary/aromatic N) is 4. The third kappa shape index (κ3) is 3.77. The van der Waals surface area contributed by atoms with Crippen LogP contribution >= 0.6 is 11.6 Å². The number of anilines is 1. The molecule has 1 amide bonds. The van der Waals surface area contributed by atoms with Crippen LogP contribution in [0, 0.1) is 0 Å². The van der Waals surface area contributed by atoms with Crippen molar-refractivity contribution in [3.05, 3.63) is 64.9 Å². The van der Waals surface area contributed by atoms with Gasteiger partial charge in [0.1, 0.15) is 6.33 Å². The molecule has 0 spiro atoms. The Morgan fingerprint density at radius 2 is 1.96 bits per heavy atom. The molecule has 1 heterocycles. The summed E-state index contributed by atoms with van der Waals surface area (Å²) < 4.78 is 39.7. The highest BCUT2D eigenvalue weighted by Gasteiger charge is 2.31. The SMILES string of the molecule is O=C(Nc1cc(C(F)(F)F)ccc1Cl)c1cccc(-n2cnnn2)c1. The van der Waals surface area contributed by atoms with Gasteiger partial charge in [0.25, 0.3) is 5.91 Å². The number of alkyl halides is 3. The van der Waals surface area contributed by atoms with E-state index in [4.69, 9.17) is 11.6 Å². The Balaban J connectivity index is 1.87. The van der Waals surface area contributed by atoms with Gasteiger partial charge in [0.05, 0.1) is 22.0 Å². The summed E-state index contributed by atoms with van der Waals surface area (Å²) in [4.78, 5) is 12.3. The van der Waals surface area contributed by atoms with E-state index >= 15 is 0 Å². The molecule has 0 unspecified atom stereocenters. The van der Waals surface area contributed by atoms with Gasteiger partial charge in [0, 0.05) is 5.56 Å². The maximum absolute atomic E-state index is 12.8. The molecule has 1 aromatic heterocycles.